The lowest BCUT2D eigenvalue weighted by Crippen LogP contribution is -2.27. The SMILES string of the molecule is CC(CCBr)NCCCF. The minimum Gasteiger partial charge on any atom is -0.314 e. The van der Waals surface area contributed by atoms with Crippen molar-refractivity contribution in [1.29, 1.82) is 0 Å². The lowest BCUT2D eigenvalue weighted by atomic mass is 10.2. The quantitative estimate of drug-likeness (QED) is 0.525. The Morgan fingerprint density at radius 2 is 2.30 bits per heavy atom. The summed E-state index contributed by atoms with van der Waals surface area (Å²) in [6.45, 7) is 2.69. The van der Waals surface area contributed by atoms with E-state index in [0.717, 1.165) is 18.3 Å². The van der Waals surface area contributed by atoms with E-state index >= 15 is 0 Å². The highest BCUT2D eigenvalue weighted by atomic mass is 79.9. The normalized spacial score (nSPS) is 13.5. The van der Waals surface area contributed by atoms with Crippen molar-refractivity contribution in [2.24, 2.45) is 0 Å². The maximum absolute atomic E-state index is 11.6. The summed E-state index contributed by atoms with van der Waals surface area (Å²) in [5, 5.41) is 4.23. The Morgan fingerprint density at radius 1 is 1.60 bits per heavy atom. The second-order valence-electron chi connectivity index (χ2n) is 2.38. The van der Waals surface area contributed by atoms with E-state index in [0.29, 0.717) is 12.5 Å². The van der Waals surface area contributed by atoms with Crippen LogP contribution in [0.5, 0.6) is 0 Å². The van der Waals surface area contributed by atoms with Crippen LogP contribution in [0.4, 0.5) is 4.39 Å². The lowest BCUT2D eigenvalue weighted by Gasteiger charge is -2.10. The number of halogens is 2. The molecule has 1 unspecified atom stereocenters. The van der Waals surface area contributed by atoms with Crippen LogP contribution in [0.3, 0.4) is 0 Å². The summed E-state index contributed by atoms with van der Waals surface area (Å²) < 4.78 is 11.6. The summed E-state index contributed by atoms with van der Waals surface area (Å²) in [5.41, 5.74) is 0. The Bertz CT molecular complexity index is 70.6. The van der Waals surface area contributed by atoms with Gasteiger partial charge in [-0.25, -0.2) is 0 Å². The van der Waals surface area contributed by atoms with Gasteiger partial charge in [-0.1, -0.05) is 15.9 Å². The molecule has 0 spiro atoms. The van der Waals surface area contributed by atoms with Crippen LogP contribution in [0.2, 0.25) is 0 Å². The van der Waals surface area contributed by atoms with Crippen molar-refractivity contribution in [3.63, 3.8) is 0 Å². The van der Waals surface area contributed by atoms with Crippen LogP contribution in [-0.2, 0) is 0 Å². The topological polar surface area (TPSA) is 12.0 Å². The first-order chi connectivity index (χ1) is 4.81. The van der Waals surface area contributed by atoms with Gasteiger partial charge in [-0.3, -0.25) is 4.39 Å². The van der Waals surface area contributed by atoms with Gasteiger partial charge in [0.05, 0.1) is 6.67 Å². The summed E-state index contributed by atoms with van der Waals surface area (Å²) in [5.74, 6) is 0. The van der Waals surface area contributed by atoms with Gasteiger partial charge in [-0.2, -0.15) is 0 Å². The molecule has 0 aliphatic carbocycles. The van der Waals surface area contributed by atoms with Gasteiger partial charge in [-0.05, 0) is 26.3 Å². The second-order valence-corrected chi connectivity index (χ2v) is 3.17. The minimum atomic E-state index is -0.214. The van der Waals surface area contributed by atoms with Crippen molar-refractivity contribution in [1.82, 2.24) is 5.32 Å². The molecule has 10 heavy (non-hydrogen) atoms. The maximum Gasteiger partial charge on any atom is 0.0906 e. The van der Waals surface area contributed by atoms with Crippen molar-refractivity contribution < 1.29 is 4.39 Å². The Kier molecular flexibility index (Phi) is 7.75. The summed E-state index contributed by atoms with van der Waals surface area (Å²) in [7, 11) is 0. The Labute approximate surface area is 70.5 Å². The first-order valence-electron chi connectivity index (χ1n) is 3.66. The molecule has 3 heteroatoms. The number of hydrogen-bond acceptors (Lipinski definition) is 1. The fourth-order valence-electron chi connectivity index (χ4n) is 0.681. The largest absolute Gasteiger partial charge is 0.314 e. The molecule has 0 fully saturated rings. The Balaban J connectivity index is 2.97. The van der Waals surface area contributed by atoms with E-state index in [-0.39, 0.29) is 6.67 Å². The van der Waals surface area contributed by atoms with Gasteiger partial charge in [0.2, 0.25) is 0 Å². The van der Waals surface area contributed by atoms with Gasteiger partial charge >= 0.3 is 0 Å². The fraction of sp³-hybridized carbons (Fsp3) is 1.00. The zero-order valence-corrected chi connectivity index (χ0v) is 7.95. The molecule has 0 aliphatic heterocycles. The summed E-state index contributed by atoms with van der Waals surface area (Å²) in [6.07, 6.45) is 1.74. The van der Waals surface area contributed by atoms with Crippen LogP contribution >= 0.6 is 15.9 Å². The first kappa shape index (κ1) is 10.4. The van der Waals surface area contributed by atoms with E-state index in [9.17, 15) is 4.39 Å². The highest BCUT2D eigenvalue weighted by molar-refractivity contribution is 9.09. The predicted octanol–water partition coefficient (Wildman–Crippen LogP) is 2.11. The van der Waals surface area contributed by atoms with E-state index in [1.54, 1.807) is 0 Å². The van der Waals surface area contributed by atoms with Gasteiger partial charge < -0.3 is 5.32 Å². The molecule has 62 valence electrons. The number of rotatable bonds is 6. The molecule has 1 N–H and O–H groups in total. The molecule has 0 aliphatic rings. The highest BCUT2D eigenvalue weighted by Crippen LogP contribution is 1.94. The molecule has 0 bridgehead atoms. The summed E-state index contributed by atoms with van der Waals surface area (Å²) in [4.78, 5) is 0. The average Bonchev–Trinajstić information content (AvgIpc) is 1.89. The molecule has 0 aromatic heterocycles. The third kappa shape index (κ3) is 6.49. The Morgan fingerprint density at radius 3 is 2.80 bits per heavy atom. The van der Waals surface area contributed by atoms with Crippen LogP contribution in [-0.4, -0.2) is 24.6 Å². The van der Waals surface area contributed by atoms with Crippen LogP contribution in [0.1, 0.15) is 19.8 Å². The monoisotopic (exact) mass is 211 g/mol. The Hall–Kier alpha value is 0.370. The molecule has 0 saturated heterocycles. The number of nitrogens with one attached hydrogen (secondary N) is 1. The van der Waals surface area contributed by atoms with E-state index < -0.39 is 0 Å². The van der Waals surface area contributed by atoms with Crippen LogP contribution in [0, 0.1) is 0 Å². The molecule has 1 atom stereocenters. The standard InChI is InChI=1S/C7H15BrFN/c1-7(3-4-8)10-6-2-5-9/h7,10H,2-6H2,1H3. The third-order valence-electron chi connectivity index (χ3n) is 1.35. The molecule has 0 heterocycles. The molecule has 0 saturated carbocycles. The fourth-order valence-corrected chi connectivity index (χ4v) is 1.37. The number of alkyl halides is 2. The van der Waals surface area contributed by atoms with Gasteiger partial charge in [0.25, 0.3) is 0 Å². The van der Waals surface area contributed by atoms with Crippen LogP contribution in [0.25, 0.3) is 0 Å². The molecule has 0 aromatic carbocycles. The van der Waals surface area contributed by atoms with Crippen molar-refractivity contribution in [3.05, 3.63) is 0 Å². The number of hydrogen-bond donors (Lipinski definition) is 1. The van der Waals surface area contributed by atoms with Gasteiger partial charge in [0.15, 0.2) is 0 Å². The summed E-state index contributed by atoms with van der Waals surface area (Å²) >= 11 is 3.34. The average molecular weight is 212 g/mol. The molecular weight excluding hydrogens is 197 g/mol. The van der Waals surface area contributed by atoms with Crippen molar-refractivity contribution in [2.45, 2.75) is 25.8 Å². The first-order valence-corrected chi connectivity index (χ1v) is 4.78. The zero-order chi connectivity index (χ0) is 7.82. The van der Waals surface area contributed by atoms with Crippen molar-refractivity contribution in [3.8, 4) is 0 Å². The van der Waals surface area contributed by atoms with Gasteiger partial charge in [0.1, 0.15) is 0 Å². The highest BCUT2D eigenvalue weighted by Gasteiger charge is 1.97. The maximum atomic E-state index is 11.6. The van der Waals surface area contributed by atoms with Crippen molar-refractivity contribution >= 4 is 15.9 Å². The van der Waals surface area contributed by atoms with Crippen LogP contribution < -0.4 is 5.32 Å². The van der Waals surface area contributed by atoms with E-state index in [1.807, 2.05) is 0 Å². The van der Waals surface area contributed by atoms with E-state index in [1.165, 1.54) is 0 Å². The van der Waals surface area contributed by atoms with Crippen molar-refractivity contribution in [2.75, 3.05) is 18.5 Å². The molecule has 0 amide bonds. The second kappa shape index (κ2) is 7.48. The van der Waals surface area contributed by atoms with Gasteiger partial charge in [-0.15, -0.1) is 0 Å². The summed E-state index contributed by atoms with van der Waals surface area (Å²) in [6, 6.07) is 0.505. The third-order valence-corrected chi connectivity index (χ3v) is 1.80. The smallest absolute Gasteiger partial charge is 0.0906 e. The molecule has 0 rings (SSSR count). The molecular formula is C7H15BrFN. The molecule has 1 nitrogen and oxygen atoms in total. The molecule has 0 aromatic rings. The van der Waals surface area contributed by atoms with E-state index in [4.69, 9.17) is 0 Å². The lowest BCUT2D eigenvalue weighted by molar-refractivity contribution is 0.440. The van der Waals surface area contributed by atoms with E-state index in [2.05, 4.69) is 28.2 Å². The molecule has 0 radical (unpaired) electrons. The minimum absolute atomic E-state index is 0.214. The van der Waals surface area contributed by atoms with Crippen LogP contribution in [0.15, 0.2) is 0 Å². The zero-order valence-electron chi connectivity index (χ0n) is 6.37. The predicted molar refractivity (Wildman–Crippen MR) is 46.5 cm³/mol. The van der Waals surface area contributed by atoms with Gasteiger partial charge in [0, 0.05) is 11.4 Å².